The summed E-state index contributed by atoms with van der Waals surface area (Å²) >= 11 is 13.6. The zero-order valence-corrected chi connectivity index (χ0v) is 21.2. The molecule has 1 fully saturated rings. The van der Waals surface area contributed by atoms with E-state index < -0.39 is 6.04 Å². The zero-order valence-electron chi connectivity index (χ0n) is 18.8. The largest absolute Gasteiger partial charge is 0.497 e. The smallest absolute Gasteiger partial charge is 0.256 e. The average Bonchev–Trinajstić information content (AvgIpc) is 3.32. The molecule has 4 rings (SSSR count). The lowest BCUT2D eigenvalue weighted by molar-refractivity contribution is -0.124. The maximum atomic E-state index is 13.5. The second-order valence-corrected chi connectivity index (χ2v) is 9.71. The molecule has 1 saturated heterocycles. The van der Waals surface area contributed by atoms with Crippen molar-refractivity contribution in [2.45, 2.75) is 25.8 Å². The first kappa shape index (κ1) is 24.2. The second kappa shape index (κ2) is 10.5. The number of thiophene rings is 1. The summed E-state index contributed by atoms with van der Waals surface area (Å²) in [5.74, 6) is 0.193. The standard InChI is InChI=1S/C25H24ClN3O3S2/c1-16-11-13-34-22(16)10-12-28-21(15-23(30)27-18-6-8-20(32-2)9-7-18)24(31)29(25(28)33)19-5-3-4-17(26)14-19/h3-9,11,13-14,21H,10,12,15H2,1-2H3,(H,27,30)/t21-/m1/s1. The first-order valence-electron chi connectivity index (χ1n) is 10.7. The maximum absolute atomic E-state index is 13.5. The molecule has 6 nitrogen and oxygen atoms in total. The van der Waals surface area contributed by atoms with E-state index in [9.17, 15) is 9.59 Å². The van der Waals surface area contributed by atoms with E-state index >= 15 is 0 Å². The van der Waals surface area contributed by atoms with Crippen molar-refractivity contribution in [2.24, 2.45) is 0 Å². The van der Waals surface area contributed by atoms with Gasteiger partial charge in [-0.2, -0.15) is 0 Å². The number of thiocarbonyl (C=S) groups is 1. The van der Waals surface area contributed by atoms with Crippen LogP contribution >= 0.6 is 35.2 Å². The number of nitrogens with one attached hydrogen (secondary N) is 1. The number of amides is 2. The monoisotopic (exact) mass is 513 g/mol. The van der Waals surface area contributed by atoms with E-state index in [1.54, 1.807) is 67.0 Å². The Morgan fingerprint density at radius 3 is 2.62 bits per heavy atom. The van der Waals surface area contributed by atoms with Crippen molar-refractivity contribution in [2.75, 3.05) is 23.9 Å². The summed E-state index contributed by atoms with van der Waals surface area (Å²) in [5, 5.41) is 5.80. The molecule has 2 amide bonds. The lowest BCUT2D eigenvalue weighted by Gasteiger charge is -2.24. The minimum absolute atomic E-state index is 0.0223. The molecule has 3 aromatic rings. The number of hydrogen-bond donors (Lipinski definition) is 1. The quantitative estimate of drug-likeness (QED) is 0.414. The van der Waals surface area contributed by atoms with Gasteiger partial charge in [0.25, 0.3) is 5.91 Å². The fourth-order valence-corrected chi connectivity index (χ4v) is 5.38. The third-order valence-electron chi connectivity index (χ3n) is 5.69. The van der Waals surface area contributed by atoms with Crippen LogP contribution in [0.4, 0.5) is 11.4 Å². The molecule has 1 aliphatic rings. The van der Waals surface area contributed by atoms with Crippen LogP contribution in [0.15, 0.2) is 60.0 Å². The first-order chi connectivity index (χ1) is 16.4. The van der Waals surface area contributed by atoms with Gasteiger partial charge in [-0.25, -0.2) is 0 Å². The molecule has 9 heteroatoms. The van der Waals surface area contributed by atoms with E-state index in [1.807, 2.05) is 4.90 Å². The lowest BCUT2D eigenvalue weighted by atomic mass is 10.1. The highest BCUT2D eigenvalue weighted by Crippen LogP contribution is 2.30. The number of carbonyl (C=O) groups is 2. The molecule has 1 aromatic heterocycles. The van der Waals surface area contributed by atoms with Gasteiger partial charge in [0.05, 0.1) is 19.2 Å². The van der Waals surface area contributed by atoms with Crippen molar-refractivity contribution in [3.63, 3.8) is 0 Å². The fourth-order valence-electron chi connectivity index (χ4n) is 3.88. The van der Waals surface area contributed by atoms with Crippen molar-refractivity contribution < 1.29 is 14.3 Å². The van der Waals surface area contributed by atoms with Gasteiger partial charge in [0.1, 0.15) is 11.8 Å². The Balaban J connectivity index is 1.55. The van der Waals surface area contributed by atoms with Crippen LogP contribution < -0.4 is 15.0 Å². The third kappa shape index (κ3) is 5.24. The third-order valence-corrected chi connectivity index (χ3v) is 7.42. The Morgan fingerprint density at radius 2 is 1.97 bits per heavy atom. The molecule has 0 unspecified atom stereocenters. The molecule has 0 radical (unpaired) electrons. The van der Waals surface area contributed by atoms with Gasteiger partial charge in [0.2, 0.25) is 5.91 Å². The Labute approximate surface area is 213 Å². The SMILES string of the molecule is COc1ccc(NC(=O)C[C@@H]2C(=O)N(c3cccc(Cl)c3)C(=S)N2CCc2sccc2C)cc1. The van der Waals surface area contributed by atoms with Crippen LogP contribution in [0.2, 0.25) is 5.02 Å². The highest BCUT2D eigenvalue weighted by Gasteiger charge is 2.44. The summed E-state index contributed by atoms with van der Waals surface area (Å²) in [6, 6.07) is 15.4. The Kier molecular flexibility index (Phi) is 7.50. The minimum Gasteiger partial charge on any atom is -0.497 e. The molecule has 2 heterocycles. The van der Waals surface area contributed by atoms with Gasteiger partial charge in [0.15, 0.2) is 5.11 Å². The summed E-state index contributed by atoms with van der Waals surface area (Å²) in [5.41, 5.74) is 2.44. The molecule has 0 aliphatic carbocycles. The topological polar surface area (TPSA) is 61.9 Å². The molecule has 0 bridgehead atoms. The predicted molar refractivity (Wildman–Crippen MR) is 141 cm³/mol. The number of rotatable bonds is 8. The van der Waals surface area contributed by atoms with Crippen LogP contribution in [-0.4, -0.2) is 41.5 Å². The summed E-state index contributed by atoms with van der Waals surface area (Å²) in [6.45, 7) is 2.60. The molecule has 2 aromatic carbocycles. The van der Waals surface area contributed by atoms with E-state index in [1.165, 1.54) is 15.3 Å². The first-order valence-corrected chi connectivity index (χ1v) is 12.4. The molecule has 0 spiro atoms. The van der Waals surface area contributed by atoms with Gasteiger partial charge in [-0.05, 0) is 85.0 Å². The second-order valence-electron chi connectivity index (χ2n) is 7.90. The summed E-state index contributed by atoms with van der Waals surface area (Å²) in [7, 11) is 1.58. The fraction of sp³-hybridized carbons (Fsp3) is 0.240. The Morgan fingerprint density at radius 1 is 1.21 bits per heavy atom. The van der Waals surface area contributed by atoms with Crippen LogP contribution in [0.25, 0.3) is 0 Å². The summed E-state index contributed by atoms with van der Waals surface area (Å²) in [6.07, 6.45) is 0.711. The maximum Gasteiger partial charge on any atom is 0.256 e. The summed E-state index contributed by atoms with van der Waals surface area (Å²) < 4.78 is 5.16. The van der Waals surface area contributed by atoms with Crippen molar-refractivity contribution in [3.8, 4) is 5.75 Å². The van der Waals surface area contributed by atoms with Gasteiger partial charge in [0, 0.05) is 22.1 Å². The number of carbonyl (C=O) groups excluding carboxylic acids is 2. The van der Waals surface area contributed by atoms with Gasteiger partial charge in [-0.3, -0.25) is 14.5 Å². The number of methoxy groups -OCH3 is 1. The van der Waals surface area contributed by atoms with E-state index in [4.69, 9.17) is 28.6 Å². The molecule has 34 heavy (non-hydrogen) atoms. The predicted octanol–water partition coefficient (Wildman–Crippen LogP) is 5.29. The van der Waals surface area contributed by atoms with E-state index in [0.717, 1.165) is 6.42 Å². The Hall–Kier alpha value is -2.94. The molecular formula is C25H24ClN3O3S2. The Bertz CT molecular complexity index is 1210. The normalized spacial score (nSPS) is 15.7. The van der Waals surface area contributed by atoms with Crippen LogP contribution in [0.1, 0.15) is 16.9 Å². The minimum atomic E-state index is -0.704. The number of benzene rings is 2. The summed E-state index contributed by atoms with van der Waals surface area (Å²) in [4.78, 5) is 31.0. The number of halogens is 1. The number of hydrogen-bond acceptors (Lipinski definition) is 5. The number of anilines is 2. The van der Waals surface area contributed by atoms with Crippen LogP contribution in [-0.2, 0) is 16.0 Å². The van der Waals surface area contributed by atoms with Gasteiger partial charge < -0.3 is 15.0 Å². The zero-order chi connectivity index (χ0) is 24.2. The molecule has 1 N–H and O–H groups in total. The van der Waals surface area contributed by atoms with E-state index in [0.29, 0.717) is 33.8 Å². The van der Waals surface area contributed by atoms with Gasteiger partial charge >= 0.3 is 0 Å². The number of nitrogens with zero attached hydrogens (tertiary/aromatic N) is 2. The van der Waals surface area contributed by atoms with Crippen molar-refractivity contribution in [1.29, 1.82) is 0 Å². The van der Waals surface area contributed by atoms with Crippen LogP contribution in [0, 0.1) is 6.92 Å². The van der Waals surface area contributed by atoms with Crippen molar-refractivity contribution >= 4 is 63.5 Å². The lowest BCUT2D eigenvalue weighted by Crippen LogP contribution is -2.39. The molecule has 1 atom stereocenters. The van der Waals surface area contributed by atoms with Crippen LogP contribution in [0.5, 0.6) is 5.75 Å². The van der Waals surface area contributed by atoms with Gasteiger partial charge in [-0.15, -0.1) is 11.3 Å². The molecule has 0 saturated carbocycles. The van der Waals surface area contributed by atoms with E-state index in [-0.39, 0.29) is 18.2 Å². The number of aryl methyl sites for hydroxylation is 1. The van der Waals surface area contributed by atoms with E-state index in [2.05, 4.69) is 23.7 Å². The average molecular weight is 514 g/mol. The molecular weight excluding hydrogens is 490 g/mol. The van der Waals surface area contributed by atoms with Gasteiger partial charge in [-0.1, -0.05) is 17.7 Å². The van der Waals surface area contributed by atoms with Crippen LogP contribution in [0.3, 0.4) is 0 Å². The van der Waals surface area contributed by atoms with Crippen molar-refractivity contribution in [1.82, 2.24) is 4.90 Å². The molecule has 176 valence electrons. The number of ether oxygens (including phenoxy) is 1. The van der Waals surface area contributed by atoms with Crippen molar-refractivity contribution in [3.05, 3.63) is 75.4 Å². The highest BCUT2D eigenvalue weighted by atomic mass is 35.5. The highest BCUT2D eigenvalue weighted by molar-refractivity contribution is 7.80. The molecule has 1 aliphatic heterocycles.